The molecule has 170 valence electrons. The van der Waals surface area contributed by atoms with Crippen molar-refractivity contribution in [3.63, 3.8) is 0 Å². The molecule has 0 bridgehead atoms. The van der Waals surface area contributed by atoms with E-state index in [4.69, 9.17) is 16.6 Å². The smallest absolute Gasteiger partial charge is 0.311 e. The lowest BCUT2D eigenvalue weighted by molar-refractivity contribution is 0.457. The quantitative estimate of drug-likeness (QED) is 0.460. The van der Waals surface area contributed by atoms with Crippen LogP contribution in [0.1, 0.15) is 23.6 Å². The van der Waals surface area contributed by atoms with Crippen LogP contribution in [-0.2, 0) is 20.1 Å². The molecule has 8 heteroatoms. The predicted molar refractivity (Wildman–Crippen MR) is 132 cm³/mol. The molecule has 33 heavy (non-hydrogen) atoms. The van der Waals surface area contributed by atoms with Crippen LogP contribution in [0.15, 0.2) is 52.1 Å². The molecular weight excluding hydrogens is 438 g/mol. The summed E-state index contributed by atoms with van der Waals surface area (Å²) in [6.45, 7) is 7.74. The first-order valence-electron chi connectivity index (χ1n) is 11.0. The van der Waals surface area contributed by atoms with Gasteiger partial charge in [-0.3, -0.25) is 13.9 Å². The number of anilines is 2. The Labute approximate surface area is 196 Å². The van der Waals surface area contributed by atoms with Crippen LogP contribution in [0.2, 0.25) is 5.02 Å². The van der Waals surface area contributed by atoms with Crippen LogP contribution in [-0.4, -0.2) is 25.2 Å². The van der Waals surface area contributed by atoms with Crippen LogP contribution in [0.4, 0.5) is 11.6 Å². The molecule has 4 aromatic rings. The van der Waals surface area contributed by atoms with Gasteiger partial charge in [0, 0.05) is 30.8 Å². The molecule has 2 aromatic carbocycles. The van der Waals surface area contributed by atoms with Crippen molar-refractivity contribution in [1.29, 1.82) is 0 Å². The second kappa shape index (κ2) is 7.92. The van der Waals surface area contributed by atoms with E-state index in [0.29, 0.717) is 28.7 Å². The molecule has 0 radical (unpaired) electrons. The van der Waals surface area contributed by atoms with Gasteiger partial charge in [0.25, 0.3) is 5.56 Å². The summed E-state index contributed by atoms with van der Waals surface area (Å²) in [4.78, 5) is 33.7. The minimum absolute atomic E-state index is 0.219. The maximum absolute atomic E-state index is 13.6. The fourth-order valence-electron chi connectivity index (χ4n) is 4.73. The highest BCUT2D eigenvalue weighted by atomic mass is 35.5. The molecule has 3 heterocycles. The van der Waals surface area contributed by atoms with Crippen molar-refractivity contribution >= 4 is 34.4 Å². The van der Waals surface area contributed by atoms with E-state index in [1.807, 2.05) is 60.9 Å². The highest BCUT2D eigenvalue weighted by Crippen LogP contribution is 2.36. The topological polar surface area (TPSA) is 65.1 Å². The highest BCUT2D eigenvalue weighted by Gasteiger charge is 2.30. The van der Waals surface area contributed by atoms with Crippen molar-refractivity contribution in [2.45, 2.75) is 33.9 Å². The predicted octanol–water partition coefficient (Wildman–Crippen LogP) is 4.00. The minimum atomic E-state index is -0.372. The number of rotatable bonds is 3. The summed E-state index contributed by atoms with van der Waals surface area (Å²) in [5.74, 6) is 0.934. The molecule has 0 spiro atoms. The number of halogens is 1. The Bertz CT molecular complexity index is 1510. The van der Waals surface area contributed by atoms with Gasteiger partial charge in [-0.05, 0) is 43.0 Å². The van der Waals surface area contributed by atoms with Crippen molar-refractivity contribution in [1.82, 2.24) is 18.7 Å². The summed E-state index contributed by atoms with van der Waals surface area (Å²) >= 11 is 6.40. The SMILES string of the molecule is Cc1cccc(Cn2c(=O)c3c(nc4n3C[C@@H](C)CN4c3cccc(Cl)c3C)n(C)c2=O)c1. The van der Waals surface area contributed by atoms with Crippen molar-refractivity contribution in [3.8, 4) is 0 Å². The minimum Gasteiger partial charge on any atom is -0.311 e. The maximum atomic E-state index is 13.6. The average Bonchev–Trinajstić information content (AvgIpc) is 3.16. The van der Waals surface area contributed by atoms with Crippen molar-refractivity contribution in [2.24, 2.45) is 13.0 Å². The number of aryl methyl sites for hydroxylation is 2. The monoisotopic (exact) mass is 463 g/mol. The van der Waals surface area contributed by atoms with Crippen LogP contribution in [0, 0.1) is 19.8 Å². The van der Waals surface area contributed by atoms with Gasteiger partial charge >= 0.3 is 5.69 Å². The first-order valence-corrected chi connectivity index (χ1v) is 11.4. The fourth-order valence-corrected chi connectivity index (χ4v) is 4.90. The Morgan fingerprint density at radius 2 is 1.85 bits per heavy atom. The van der Waals surface area contributed by atoms with Crippen LogP contribution in [0.3, 0.4) is 0 Å². The summed E-state index contributed by atoms with van der Waals surface area (Å²) < 4.78 is 4.74. The summed E-state index contributed by atoms with van der Waals surface area (Å²) in [5.41, 5.74) is 4.08. The summed E-state index contributed by atoms with van der Waals surface area (Å²) in [6, 6.07) is 13.7. The number of imidazole rings is 1. The molecule has 0 saturated carbocycles. The Balaban J connectivity index is 1.74. The summed E-state index contributed by atoms with van der Waals surface area (Å²) in [5, 5.41) is 0.682. The van der Waals surface area contributed by atoms with E-state index in [-0.39, 0.29) is 23.7 Å². The van der Waals surface area contributed by atoms with Crippen LogP contribution >= 0.6 is 11.6 Å². The van der Waals surface area contributed by atoms with Crippen molar-refractivity contribution in [2.75, 3.05) is 11.4 Å². The molecule has 0 amide bonds. The fraction of sp³-hybridized carbons (Fsp3) is 0.320. The van der Waals surface area contributed by atoms with Crippen LogP contribution in [0.5, 0.6) is 0 Å². The molecule has 2 aromatic heterocycles. The third kappa shape index (κ3) is 3.47. The molecule has 0 aliphatic carbocycles. The molecule has 0 fully saturated rings. The van der Waals surface area contributed by atoms with E-state index >= 15 is 0 Å². The third-order valence-corrected chi connectivity index (χ3v) is 6.80. The summed E-state index contributed by atoms with van der Waals surface area (Å²) in [7, 11) is 1.67. The normalized spacial score (nSPS) is 15.8. The molecule has 1 atom stereocenters. The average molecular weight is 464 g/mol. The number of benzene rings is 2. The number of nitrogens with zero attached hydrogens (tertiary/aromatic N) is 5. The highest BCUT2D eigenvalue weighted by molar-refractivity contribution is 6.31. The molecule has 5 rings (SSSR count). The third-order valence-electron chi connectivity index (χ3n) is 6.40. The second-order valence-corrected chi connectivity index (χ2v) is 9.42. The Morgan fingerprint density at radius 3 is 2.61 bits per heavy atom. The van der Waals surface area contributed by atoms with Crippen molar-refractivity contribution in [3.05, 3.63) is 85.0 Å². The van der Waals surface area contributed by atoms with Gasteiger partial charge in [-0.1, -0.05) is 54.4 Å². The standard InChI is InChI=1S/C25H26ClN5O2/c1-15-7-5-8-18(11-15)14-31-23(32)21-22(28(4)25(31)33)27-24-29(12-16(2)13-30(21)24)20-10-6-9-19(26)17(20)3/h5-11,16H,12-14H2,1-4H3/t16-/m0/s1. The van der Waals surface area contributed by atoms with E-state index in [2.05, 4.69) is 11.8 Å². The first kappa shape index (κ1) is 21.5. The second-order valence-electron chi connectivity index (χ2n) is 9.02. The molecule has 0 saturated heterocycles. The van der Waals surface area contributed by atoms with Gasteiger partial charge < -0.3 is 9.47 Å². The lowest BCUT2D eigenvalue weighted by Crippen LogP contribution is -2.40. The molecule has 1 aliphatic heterocycles. The number of hydrogen-bond acceptors (Lipinski definition) is 4. The van der Waals surface area contributed by atoms with Crippen molar-refractivity contribution < 1.29 is 0 Å². The van der Waals surface area contributed by atoms with E-state index in [1.54, 1.807) is 7.05 Å². The molecule has 0 unspecified atom stereocenters. The van der Waals surface area contributed by atoms with Gasteiger partial charge in [0.2, 0.25) is 5.95 Å². The zero-order chi connectivity index (χ0) is 23.4. The Morgan fingerprint density at radius 1 is 1.09 bits per heavy atom. The Hall–Kier alpha value is -3.32. The molecule has 1 aliphatic rings. The van der Waals surface area contributed by atoms with E-state index in [9.17, 15) is 9.59 Å². The van der Waals surface area contributed by atoms with Gasteiger partial charge in [0.15, 0.2) is 11.2 Å². The zero-order valence-electron chi connectivity index (χ0n) is 19.2. The number of aromatic nitrogens is 4. The largest absolute Gasteiger partial charge is 0.332 e. The Kier molecular flexibility index (Phi) is 5.16. The van der Waals surface area contributed by atoms with Crippen LogP contribution < -0.4 is 16.1 Å². The van der Waals surface area contributed by atoms with E-state index < -0.39 is 0 Å². The van der Waals surface area contributed by atoms with E-state index in [0.717, 1.165) is 28.9 Å². The van der Waals surface area contributed by atoms with Gasteiger partial charge in [-0.15, -0.1) is 0 Å². The van der Waals surface area contributed by atoms with Gasteiger partial charge in [0.05, 0.1) is 6.54 Å². The number of hydrogen-bond donors (Lipinski definition) is 0. The van der Waals surface area contributed by atoms with Gasteiger partial charge in [-0.2, -0.15) is 4.98 Å². The molecule has 7 nitrogen and oxygen atoms in total. The molecular formula is C25H26ClN5O2. The van der Waals surface area contributed by atoms with Gasteiger partial charge in [-0.25, -0.2) is 4.79 Å². The lowest BCUT2D eigenvalue weighted by atomic mass is 10.1. The lowest BCUT2D eigenvalue weighted by Gasteiger charge is -2.34. The van der Waals surface area contributed by atoms with E-state index in [1.165, 1.54) is 9.13 Å². The van der Waals surface area contributed by atoms with Crippen LogP contribution in [0.25, 0.3) is 11.2 Å². The molecule has 0 N–H and O–H groups in total. The number of fused-ring (bicyclic) bond motifs is 3. The van der Waals surface area contributed by atoms with Gasteiger partial charge in [0.1, 0.15) is 0 Å². The zero-order valence-corrected chi connectivity index (χ0v) is 19.9. The first-order chi connectivity index (χ1) is 15.8. The summed E-state index contributed by atoms with van der Waals surface area (Å²) in [6.07, 6.45) is 0. The maximum Gasteiger partial charge on any atom is 0.332 e.